The Balaban J connectivity index is 1.27. The molecule has 0 aliphatic rings. The van der Waals surface area contributed by atoms with E-state index in [1.165, 1.54) is 0 Å². The smallest absolute Gasteiger partial charge is 0.0645 e. The van der Waals surface area contributed by atoms with Crippen molar-refractivity contribution in [2.75, 3.05) is 4.90 Å². The number of fused-ring (bicyclic) bond motifs is 3. The first-order valence-electron chi connectivity index (χ1n) is 23.8. The van der Waals surface area contributed by atoms with E-state index in [1.807, 2.05) is 84.9 Å². The van der Waals surface area contributed by atoms with Gasteiger partial charge in [-0.2, -0.15) is 0 Å². The first-order valence-corrected chi connectivity index (χ1v) is 15.8. The summed E-state index contributed by atoms with van der Waals surface area (Å²) >= 11 is 0. The van der Waals surface area contributed by atoms with Gasteiger partial charge in [-0.1, -0.05) is 145 Å². The fraction of sp³-hybridized carbons (Fsp3) is 0. The van der Waals surface area contributed by atoms with Crippen LogP contribution in [0.3, 0.4) is 0 Å². The molecule has 0 saturated carbocycles. The zero-order valence-electron chi connectivity index (χ0n) is 42.3. The molecule has 0 bridgehead atoms. The predicted octanol–water partition coefficient (Wildman–Crippen LogP) is 13.3. The molecule has 0 atom stereocenters. The average molecular weight is 655 g/mol. The van der Waals surface area contributed by atoms with Gasteiger partial charge in [-0.05, 0) is 93.9 Å². The molecule has 9 rings (SSSR count). The lowest BCUT2D eigenvalue weighted by Gasteiger charge is -2.26. The quantitative estimate of drug-likeness (QED) is 0.166. The zero-order chi connectivity index (χ0) is 47.2. The van der Waals surface area contributed by atoms with Gasteiger partial charge in [0.2, 0.25) is 0 Å². The summed E-state index contributed by atoms with van der Waals surface area (Å²) in [6.45, 7) is 0. The third-order valence-corrected chi connectivity index (χ3v) is 8.42. The maximum Gasteiger partial charge on any atom is 0.0645 e. The van der Waals surface area contributed by atoms with Crippen LogP contribution >= 0.6 is 0 Å². The van der Waals surface area contributed by atoms with Gasteiger partial charge in [0, 0.05) is 33.5 Å². The highest BCUT2D eigenvalue weighted by molar-refractivity contribution is 6.09. The van der Waals surface area contributed by atoms with Crippen molar-refractivity contribution in [3.05, 3.63) is 206 Å². The largest absolute Gasteiger partial charge is 0.311 e. The second-order valence-electron chi connectivity index (χ2n) is 11.4. The van der Waals surface area contributed by atoms with Crippen molar-refractivity contribution in [1.29, 1.82) is 0 Å². The van der Waals surface area contributed by atoms with Crippen LogP contribution in [0.2, 0.25) is 0 Å². The van der Waals surface area contributed by atoms with Crippen LogP contribution in [0, 0.1) is 0 Å². The SMILES string of the molecule is [2H]c1c([2H])c(N(c2ccc(-c3ccccc3)cc2)c2ccc(-c3ccccc3)cc2)c([2H])c([2H])c1-c1c([2H])c([2H])c(-n2c3c([2H])c([2H])c([2H])c([2H])c3c3c([2H])c([2H])c([2H])c([2H])c32)c([2H])c1[2H]. The first-order chi connectivity index (χ1) is 31.5. The average Bonchev–Trinajstić information content (AvgIpc) is 3.69. The fourth-order valence-corrected chi connectivity index (χ4v) is 6.00. The van der Waals surface area contributed by atoms with Crippen LogP contribution in [0.25, 0.3) is 60.9 Å². The van der Waals surface area contributed by atoms with Gasteiger partial charge in [0.15, 0.2) is 0 Å². The number of hydrogen-bond donors (Lipinski definition) is 0. The number of anilines is 3. The van der Waals surface area contributed by atoms with Crippen LogP contribution < -0.4 is 4.90 Å². The van der Waals surface area contributed by atoms with E-state index in [4.69, 9.17) is 11.0 Å². The van der Waals surface area contributed by atoms with Crippen molar-refractivity contribution in [2.24, 2.45) is 0 Å². The van der Waals surface area contributed by atoms with Crippen LogP contribution in [0.1, 0.15) is 21.9 Å². The van der Waals surface area contributed by atoms with Crippen molar-refractivity contribution in [1.82, 2.24) is 4.57 Å². The molecule has 8 aromatic carbocycles. The van der Waals surface area contributed by atoms with E-state index in [-0.39, 0.29) is 16.5 Å². The van der Waals surface area contributed by atoms with Crippen LogP contribution in [0.5, 0.6) is 0 Å². The summed E-state index contributed by atoms with van der Waals surface area (Å²) in [5.41, 5.74) is 1.92. The molecular formula is C48H34N2. The van der Waals surface area contributed by atoms with Crippen molar-refractivity contribution in [2.45, 2.75) is 0 Å². The van der Waals surface area contributed by atoms with Crippen LogP contribution in [0.4, 0.5) is 17.1 Å². The van der Waals surface area contributed by atoms with Gasteiger partial charge in [0.25, 0.3) is 0 Å². The van der Waals surface area contributed by atoms with Crippen LogP contribution in [-0.2, 0) is 0 Å². The molecular weight excluding hydrogens is 605 g/mol. The van der Waals surface area contributed by atoms with Gasteiger partial charge in [0.1, 0.15) is 0 Å². The molecule has 1 aromatic heterocycles. The summed E-state index contributed by atoms with van der Waals surface area (Å²) in [5.74, 6) is 0. The Morgan fingerprint density at radius 3 is 1.20 bits per heavy atom. The van der Waals surface area contributed by atoms with E-state index in [0.717, 1.165) is 26.8 Å². The van der Waals surface area contributed by atoms with Crippen LogP contribution in [-0.4, -0.2) is 4.57 Å². The molecule has 0 aliphatic heterocycles. The molecule has 236 valence electrons. The Labute approximate surface area is 315 Å². The Hall–Kier alpha value is -6.64. The topological polar surface area (TPSA) is 8.17 Å². The predicted molar refractivity (Wildman–Crippen MR) is 212 cm³/mol. The summed E-state index contributed by atoms with van der Waals surface area (Å²) in [7, 11) is 0. The molecule has 0 fully saturated rings. The second kappa shape index (κ2) is 12.8. The van der Waals surface area contributed by atoms with Gasteiger partial charge in [-0.15, -0.1) is 0 Å². The molecule has 0 aliphatic carbocycles. The minimum Gasteiger partial charge on any atom is -0.311 e. The second-order valence-corrected chi connectivity index (χ2v) is 11.4. The number of para-hydroxylation sites is 2. The molecule has 50 heavy (non-hydrogen) atoms. The van der Waals surface area contributed by atoms with E-state index < -0.39 is 125 Å². The zero-order valence-corrected chi connectivity index (χ0v) is 26.3. The molecule has 2 nitrogen and oxygen atoms in total. The summed E-state index contributed by atoms with van der Waals surface area (Å²) in [4.78, 5) is 1.58. The minimum absolute atomic E-state index is 0.158. The lowest BCUT2D eigenvalue weighted by atomic mass is 10.0. The van der Waals surface area contributed by atoms with E-state index >= 15 is 0 Å². The lowest BCUT2D eigenvalue weighted by molar-refractivity contribution is 1.18. The molecule has 2 heteroatoms. The molecule has 0 amide bonds. The monoisotopic (exact) mass is 654 g/mol. The highest BCUT2D eigenvalue weighted by atomic mass is 15.1. The van der Waals surface area contributed by atoms with Crippen molar-refractivity contribution < 1.29 is 21.9 Å². The molecule has 1 heterocycles. The van der Waals surface area contributed by atoms with E-state index in [9.17, 15) is 11.0 Å². The van der Waals surface area contributed by atoms with Gasteiger partial charge < -0.3 is 9.47 Å². The fourth-order valence-electron chi connectivity index (χ4n) is 6.00. The molecule has 0 unspecified atom stereocenters. The molecule has 0 N–H and O–H groups in total. The maximum absolute atomic E-state index is 9.46. The third kappa shape index (κ3) is 5.43. The number of aromatic nitrogens is 1. The summed E-state index contributed by atoms with van der Waals surface area (Å²) in [6.07, 6.45) is 0. The maximum atomic E-state index is 9.46. The standard InChI is InChI=1S/C48H34N2/c1-3-11-35(12-4-1)37-19-27-41(28-20-37)49(42-29-21-38(22-30-42)36-13-5-2-6-14-36)43-31-23-39(24-32-43)40-25-33-44(34-26-40)50-47-17-9-7-15-45(47)46-16-8-10-18-48(46)50/h1-34H/i7D,8D,9D,10D,15D,16D,17D,18D,23D,24D,25D,26D,31D,32D,33D,34D. The molecule has 0 radical (unpaired) electrons. The first kappa shape index (κ1) is 17.1. The molecule has 0 saturated heterocycles. The summed E-state index contributed by atoms with van der Waals surface area (Å²) < 4.78 is 145. The third-order valence-electron chi connectivity index (χ3n) is 8.42. The van der Waals surface area contributed by atoms with Crippen molar-refractivity contribution in [3.8, 4) is 39.1 Å². The van der Waals surface area contributed by atoms with Gasteiger partial charge in [-0.3, -0.25) is 0 Å². The highest BCUT2D eigenvalue weighted by Crippen LogP contribution is 2.38. The number of benzene rings is 8. The van der Waals surface area contributed by atoms with Gasteiger partial charge in [0.05, 0.1) is 33.0 Å². The Bertz CT molecular complexity index is 3250. The highest BCUT2D eigenvalue weighted by Gasteiger charge is 2.15. The number of nitrogens with zero attached hydrogens (tertiary/aromatic N) is 2. The Kier molecular flexibility index (Phi) is 4.38. The van der Waals surface area contributed by atoms with E-state index in [0.29, 0.717) is 11.4 Å². The summed E-state index contributed by atoms with van der Waals surface area (Å²) in [6, 6.07) is 22.6. The minimum atomic E-state index is -0.843. The van der Waals surface area contributed by atoms with Crippen molar-refractivity contribution in [3.63, 3.8) is 0 Å². The van der Waals surface area contributed by atoms with Crippen molar-refractivity contribution >= 4 is 38.9 Å². The summed E-state index contributed by atoms with van der Waals surface area (Å²) in [5, 5.41) is -0.652. The van der Waals surface area contributed by atoms with E-state index in [1.54, 1.807) is 29.2 Å². The number of hydrogen-bond acceptors (Lipinski definition) is 1. The van der Waals surface area contributed by atoms with Crippen LogP contribution in [0.15, 0.2) is 206 Å². The number of rotatable bonds is 7. The van der Waals surface area contributed by atoms with Gasteiger partial charge in [-0.25, -0.2) is 0 Å². The van der Waals surface area contributed by atoms with E-state index in [2.05, 4.69) is 0 Å². The lowest BCUT2D eigenvalue weighted by Crippen LogP contribution is -2.09. The molecule has 9 aromatic rings. The normalized spacial score (nSPS) is 15.7. The molecule has 0 spiro atoms. The Morgan fingerprint density at radius 1 is 0.340 bits per heavy atom. The van der Waals surface area contributed by atoms with Gasteiger partial charge >= 0.3 is 0 Å². The Morgan fingerprint density at radius 2 is 0.740 bits per heavy atom.